The molecule has 0 aliphatic heterocycles. The van der Waals surface area contributed by atoms with Crippen LogP contribution in [-0.2, 0) is 16.2 Å². The first kappa shape index (κ1) is 24.9. The van der Waals surface area contributed by atoms with Crippen LogP contribution in [0.2, 0.25) is 0 Å². The fraction of sp³-hybridized carbons (Fsp3) is 0.320. The summed E-state index contributed by atoms with van der Waals surface area (Å²) < 4.78 is 0. The molecule has 0 bridgehead atoms. The summed E-state index contributed by atoms with van der Waals surface area (Å²) in [4.78, 5) is 36.9. The van der Waals surface area contributed by atoms with Crippen molar-refractivity contribution < 1.29 is 24.7 Å². The van der Waals surface area contributed by atoms with E-state index in [2.05, 4.69) is 27.8 Å². The van der Waals surface area contributed by atoms with E-state index >= 15 is 0 Å². The zero-order valence-electron chi connectivity index (χ0n) is 18.8. The first-order chi connectivity index (χ1) is 16.4. The van der Waals surface area contributed by atoms with Crippen molar-refractivity contribution in [2.75, 3.05) is 6.54 Å². The Kier molecular flexibility index (Phi) is 8.76. The second-order valence-corrected chi connectivity index (χ2v) is 8.12. The number of benzene rings is 2. The number of rotatable bonds is 9. The molecule has 178 valence electrons. The van der Waals surface area contributed by atoms with Crippen molar-refractivity contribution in [1.29, 1.82) is 0 Å². The number of carbonyl (C=O) groups excluding carboxylic acids is 3. The summed E-state index contributed by atoms with van der Waals surface area (Å²) in [5.41, 5.74) is 4.11. The van der Waals surface area contributed by atoms with Gasteiger partial charge in [-0.15, -0.1) is 0 Å². The molecule has 0 saturated heterocycles. The van der Waals surface area contributed by atoms with Gasteiger partial charge in [-0.1, -0.05) is 24.0 Å². The molecule has 0 radical (unpaired) electrons. The SMILES string of the molecule is C[C@@H](NC(=O)CNC1CC1)[C@H](NC(=O)c1ccc(C#Cc2ccc(CO)cc2)cc1)C(=O)NO. The molecule has 3 rings (SSSR count). The quantitative estimate of drug-likeness (QED) is 0.181. The summed E-state index contributed by atoms with van der Waals surface area (Å²) in [6.45, 7) is 1.66. The lowest BCUT2D eigenvalue weighted by molar-refractivity contribution is -0.132. The second-order valence-electron chi connectivity index (χ2n) is 8.12. The lowest BCUT2D eigenvalue weighted by atomic mass is 10.1. The van der Waals surface area contributed by atoms with Crippen molar-refractivity contribution >= 4 is 17.7 Å². The van der Waals surface area contributed by atoms with E-state index < -0.39 is 23.9 Å². The molecule has 2 aromatic carbocycles. The molecule has 1 aliphatic rings. The molecule has 1 fully saturated rings. The summed E-state index contributed by atoms with van der Waals surface area (Å²) in [6.07, 6.45) is 2.08. The summed E-state index contributed by atoms with van der Waals surface area (Å²) in [5.74, 6) is 4.33. The van der Waals surface area contributed by atoms with Gasteiger partial charge in [0.05, 0.1) is 19.2 Å². The van der Waals surface area contributed by atoms with Gasteiger partial charge in [0.15, 0.2) is 0 Å². The Morgan fingerprint density at radius 1 is 0.971 bits per heavy atom. The third-order valence-electron chi connectivity index (χ3n) is 5.33. The van der Waals surface area contributed by atoms with Crippen LogP contribution < -0.4 is 21.4 Å². The van der Waals surface area contributed by atoms with E-state index in [9.17, 15) is 14.4 Å². The Morgan fingerprint density at radius 2 is 1.56 bits per heavy atom. The summed E-state index contributed by atoms with van der Waals surface area (Å²) in [5, 5.41) is 26.5. The van der Waals surface area contributed by atoms with Crippen LogP contribution in [0.5, 0.6) is 0 Å². The van der Waals surface area contributed by atoms with Crippen LogP contribution in [0.3, 0.4) is 0 Å². The van der Waals surface area contributed by atoms with Crippen molar-refractivity contribution in [2.45, 2.75) is 44.5 Å². The van der Waals surface area contributed by atoms with Crippen molar-refractivity contribution in [3.63, 3.8) is 0 Å². The molecule has 9 nitrogen and oxygen atoms in total. The van der Waals surface area contributed by atoms with E-state index in [0.717, 1.165) is 24.0 Å². The van der Waals surface area contributed by atoms with Gasteiger partial charge in [0.2, 0.25) is 5.91 Å². The number of hydrogen-bond acceptors (Lipinski definition) is 6. The zero-order valence-corrected chi connectivity index (χ0v) is 18.8. The Hall–Kier alpha value is -3.71. The Bertz CT molecular complexity index is 1070. The standard InChI is InChI=1S/C25H28N4O5/c1-16(27-22(31)14-26-21-12-13-21)23(25(33)29-34)28-24(32)20-10-8-18(9-11-20)3-2-17-4-6-19(15-30)7-5-17/h4-11,16,21,23,26,30,34H,12-15H2,1H3,(H,27,31)(H,28,32)(H,29,33)/t16-,23+/m1/s1. The summed E-state index contributed by atoms with van der Waals surface area (Å²) in [6, 6.07) is 12.2. The molecule has 0 unspecified atom stereocenters. The maximum absolute atomic E-state index is 12.7. The van der Waals surface area contributed by atoms with Gasteiger partial charge in [-0.3, -0.25) is 19.6 Å². The monoisotopic (exact) mass is 464 g/mol. The molecule has 3 amide bonds. The fourth-order valence-electron chi connectivity index (χ4n) is 3.17. The molecule has 0 aromatic heterocycles. The van der Waals surface area contributed by atoms with Crippen LogP contribution in [0.15, 0.2) is 48.5 Å². The van der Waals surface area contributed by atoms with E-state index in [1.165, 1.54) is 5.48 Å². The maximum Gasteiger partial charge on any atom is 0.268 e. The van der Waals surface area contributed by atoms with Gasteiger partial charge in [0.1, 0.15) is 6.04 Å². The van der Waals surface area contributed by atoms with Crippen LogP contribution in [0, 0.1) is 11.8 Å². The van der Waals surface area contributed by atoms with Crippen LogP contribution >= 0.6 is 0 Å². The van der Waals surface area contributed by atoms with E-state index in [1.807, 2.05) is 12.1 Å². The second kappa shape index (κ2) is 12.0. The number of nitrogens with one attached hydrogen (secondary N) is 4. The lowest BCUT2D eigenvalue weighted by Gasteiger charge is -2.24. The maximum atomic E-state index is 12.7. The molecule has 0 heterocycles. The zero-order chi connectivity index (χ0) is 24.5. The lowest BCUT2D eigenvalue weighted by Crippen LogP contribution is -2.58. The van der Waals surface area contributed by atoms with Gasteiger partial charge in [-0.2, -0.15) is 0 Å². The van der Waals surface area contributed by atoms with Gasteiger partial charge >= 0.3 is 0 Å². The summed E-state index contributed by atoms with van der Waals surface area (Å²) >= 11 is 0. The van der Waals surface area contributed by atoms with Crippen molar-refractivity contribution in [3.8, 4) is 11.8 Å². The van der Waals surface area contributed by atoms with Gasteiger partial charge < -0.3 is 21.1 Å². The van der Waals surface area contributed by atoms with E-state index in [0.29, 0.717) is 17.2 Å². The van der Waals surface area contributed by atoms with Crippen LogP contribution in [-0.4, -0.2) is 52.7 Å². The summed E-state index contributed by atoms with van der Waals surface area (Å²) in [7, 11) is 0. The number of amides is 3. The normalized spacial score (nSPS) is 14.2. The first-order valence-corrected chi connectivity index (χ1v) is 11.0. The van der Waals surface area contributed by atoms with E-state index in [4.69, 9.17) is 10.3 Å². The molecule has 2 atom stereocenters. The van der Waals surface area contributed by atoms with Crippen LogP contribution in [0.1, 0.15) is 46.8 Å². The van der Waals surface area contributed by atoms with Crippen molar-refractivity contribution in [2.24, 2.45) is 0 Å². The molecule has 1 saturated carbocycles. The largest absolute Gasteiger partial charge is 0.392 e. The van der Waals surface area contributed by atoms with Gasteiger partial charge in [-0.25, -0.2) is 5.48 Å². The Morgan fingerprint density at radius 3 is 2.09 bits per heavy atom. The molecular weight excluding hydrogens is 436 g/mol. The predicted octanol–water partition coefficient (Wildman–Crippen LogP) is 0.439. The number of aliphatic hydroxyl groups is 1. The van der Waals surface area contributed by atoms with Gasteiger partial charge in [0, 0.05) is 22.7 Å². The first-order valence-electron chi connectivity index (χ1n) is 11.0. The van der Waals surface area contributed by atoms with Crippen LogP contribution in [0.25, 0.3) is 0 Å². The minimum Gasteiger partial charge on any atom is -0.392 e. The highest BCUT2D eigenvalue weighted by atomic mass is 16.5. The van der Waals surface area contributed by atoms with Crippen molar-refractivity contribution in [3.05, 3.63) is 70.8 Å². The third kappa shape index (κ3) is 7.42. The number of aliphatic hydroxyl groups excluding tert-OH is 1. The van der Waals surface area contributed by atoms with Gasteiger partial charge in [0.25, 0.3) is 11.8 Å². The van der Waals surface area contributed by atoms with Gasteiger partial charge in [-0.05, 0) is 61.7 Å². The highest BCUT2D eigenvalue weighted by Crippen LogP contribution is 2.17. The predicted molar refractivity (Wildman–Crippen MR) is 125 cm³/mol. The molecule has 34 heavy (non-hydrogen) atoms. The average molecular weight is 465 g/mol. The molecule has 1 aliphatic carbocycles. The molecule has 9 heteroatoms. The minimum absolute atomic E-state index is 0.0270. The highest BCUT2D eigenvalue weighted by molar-refractivity contribution is 5.98. The Labute approximate surface area is 197 Å². The molecule has 2 aromatic rings. The number of hydrogen-bond donors (Lipinski definition) is 6. The molecular formula is C25H28N4O5. The minimum atomic E-state index is -1.18. The third-order valence-corrected chi connectivity index (χ3v) is 5.33. The van der Waals surface area contributed by atoms with Crippen LogP contribution in [0.4, 0.5) is 0 Å². The van der Waals surface area contributed by atoms with E-state index in [1.54, 1.807) is 43.3 Å². The average Bonchev–Trinajstić information content (AvgIpc) is 3.69. The fourth-order valence-corrected chi connectivity index (χ4v) is 3.17. The van der Waals surface area contributed by atoms with E-state index in [-0.39, 0.29) is 19.1 Å². The Balaban J connectivity index is 1.60. The molecule has 0 spiro atoms. The topological polar surface area (TPSA) is 140 Å². The van der Waals surface area contributed by atoms with Crippen molar-refractivity contribution in [1.82, 2.24) is 21.4 Å². The highest BCUT2D eigenvalue weighted by Gasteiger charge is 2.29. The number of hydroxylamine groups is 1. The number of carbonyl (C=O) groups is 3. The smallest absolute Gasteiger partial charge is 0.268 e. The molecule has 6 N–H and O–H groups in total.